The summed E-state index contributed by atoms with van der Waals surface area (Å²) in [6.07, 6.45) is 2.89. The summed E-state index contributed by atoms with van der Waals surface area (Å²) < 4.78 is 0. The van der Waals surface area contributed by atoms with Crippen molar-refractivity contribution in [1.82, 2.24) is 4.98 Å². The molecule has 0 saturated carbocycles. The number of nitrogens with zero attached hydrogens (tertiary/aromatic N) is 1. The molecule has 1 nitrogen and oxygen atoms in total. The molecule has 0 amide bonds. The highest BCUT2D eigenvalue weighted by Gasteiger charge is 1.99. The van der Waals surface area contributed by atoms with E-state index in [1.807, 2.05) is 6.20 Å². The molecule has 0 saturated heterocycles. The van der Waals surface area contributed by atoms with Gasteiger partial charge < -0.3 is 0 Å². The number of benzene rings is 1. The van der Waals surface area contributed by atoms with E-state index >= 15 is 0 Å². The number of rotatable bonds is 1. The zero-order chi connectivity index (χ0) is 9.26. The Morgan fingerprint density at radius 3 is 2.85 bits per heavy atom. The second-order valence-electron chi connectivity index (χ2n) is 3.34. The smallest absolute Gasteiger partial charge is 0.0479 e. The van der Waals surface area contributed by atoms with E-state index in [1.54, 1.807) is 0 Å². The molecule has 2 rings (SSSR count). The minimum Gasteiger partial charge on any atom is -0.261 e. The first kappa shape index (κ1) is 8.24. The third kappa shape index (κ3) is 1.42. The SMILES string of the molecule is CCc1nccc2ccc(C)cc12. The van der Waals surface area contributed by atoms with Crippen molar-refractivity contribution in [1.29, 1.82) is 0 Å². The van der Waals surface area contributed by atoms with Gasteiger partial charge >= 0.3 is 0 Å². The molecular weight excluding hydrogens is 158 g/mol. The highest BCUT2D eigenvalue weighted by atomic mass is 14.7. The Kier molecular flexibility index (Phi) is 2.01. The molecule has 0 bridgehead atoms. The molecule has 1 aromatic heterocycles. The van der Waals surface area contributed by atoms with Crippen LogP contribution < -0.4 is 0 Å². The molecule has 0 N–H and O–H groups in total. The van der Waals surface area contributed by atoms with E-state index in [1.165, 1.54) is 22.0 Å². The Morgan fingerprint density at radius 1 is 1.23 bits per heavy atom. The third-order valence-corrected chi connectivity index (χ3v) is 2.34. The van der Waals surface area contributed by atoms with Crippen LogP contribution >= 0.6 is 0 Å². The summed E-state index contributed by atoms with van der Waals surface area (Å²) in [7, 11) is 0. The molecular formula is C12H13N. The minimum atomic E-state index is 1.00. The molecule has 0 spiro atoms. The highest BCUT2D eigenvalue weighted by molar-refractivity contribution is 5.84. The molecule has 66 valence electrons. The second-order valence-corrected chi connectivity index (χ2v) is 3.34. The lowest BCUT2D eigenvalue weighted by molar-refractivity contribution is 1.06. The number of hydrogen-bond acceptors (Lipinski definition) is 1. The molecule has 1 heteroatoms. The Labute approximate surface area is 78.4 Å². The van der Waals surface area contributed by atoms with Crippen molar-refractivity contribution < 1.29 is 0 Å². The highest BCUT2D eigenvalue weighted by Crippen LogP contribution is 2.18. The van der Waals surface area contributed by atoms with E-state index in [-0.39, 0.29) is 0 Å². The van der Waals surface area contributed by atoms with Crippen LogP contribution in [0.5, 0.6) is 0 Å². The summed E-state index contributed by atoms with van der Waals surface area (Å²) in [5, 5.41) is 2.59. The number of hydrogen-bond donors (Lipinski definition) is 0. The van der Waals surface area contributed by atoms with E-state index in [9.17, 15) is 0 Å². The number of fused-ring (bicyclic) bond motifs is 1. The van der Waals surface area contributed by atoms with Crippen molar-refractivity contribution in [2.24, 2.45) is 0 Å². The van der Waals surface area contributed by atoms with Crippen molar-refractivity contribution >= 4 is 10.8 Å². The Bertz CT molecular complexity index is 432. The number of aryl methyl sites for hydroxylation is 2. The Balaban J connectivity index is 2.79. The predicted molar refractivity (Wildman–Crippen MR) is 55.9 cm³/mol. The molecule has 1 aromatic carbocycles. The van der Waals surface area contributed by atoms with Crippen LogP contribution in [0.2, 0.25) is 0 Å². The lowest BCUT2D eigenvalue weighted by Crippen LogP contribution is -1.88. The Morgan fingerprint density at radius 2 is 2.08 bits per heavy atom. The van der Waals surface area contributed by atoms with Gasteiger partial charge in [0.25, 0.3) is 0 Å². The quantitative estimate of drug-likeness (QED) is 0.642. The monoisotopic (exact) mass is 171 g/mol. The van der Waals surface area contributed by atoms with Crippen LogP contribution in [0.1, 0.15) is 18.2 Å². The van der Waals surface area contributed by atoms with E-state index in [4.69, 9.17) is 0 Å². The van der Waals surface area contributed by atoms with Crippen LogP contribution in [0, 0.1) is 6.92 Å². The standard InChI is InChI=1S/C12H13N/c1-3-12-11-8-9(2)4-5-10(11)6-7-13-12/h4-8H,3H2,1-2H3. The van der Waals surface area contributed by atoms with Gasteiger partial charge in [-0.05, 0) is 30.9 Å². The van der Waals surface area contributed by atoms with E-state index < -0.39 is 0 Å². The van der Waals surface area contributed by atoms with Gasteiger partial charge in [0.2, 0.25) is 0 Å². The van der Waals surface area contributed by atoms with Crippen molar-refractivity contribution in [3.05, 3.63) is 41.7 Å². The van der Waals surface area contributed by atoms with Crippen LogP contribution in [-0.4, -0.2) is 4.98 Å². The lowest BCUT2D eigenvalue weighted by atomic mass is 10.1. The summed E-state index contributed by atoms with van der Waals surface area (Å²) in [5.41, 5.74) is 2.50. The summed E-state index contributed by atoms with van der Waals surface area (Å²) in [4.78, 5) is 4.37. The van der Waals surface area contributed by atoms with Crippen LogP contribution in [0.25, 0.3) is 10.8 Å². The topological polar surface area (TPSA) is 12.9 Å². The number of pyridine rings is 1. The molecule has 2 aromatic rings. The molecule has 0 radical (unpaired) electrons. The summed E-state index contributed by atoms with van der Waals surface area (Å²) in [5.74, 6) is 0. The Hall–Kier alpha value is -1.37. The van der Waals surface area contributed by atoms with Gasteiger partial charge in [-0.15, -0.1) is 0 Å². The first-order valence-electron chi connectivity index (χ1n) is 4.65. The first-order chi connectivity index (χ1) is 6.31. The maximum Gasteiger partial charge on any atom is 0.0479 e. The van der Waals surface area contributed by atoms with Gasteiger partial charge in [-0.1, -0.05) is 24.6 Å². The van der Waals surface area contributed by atoms with Gasteiger partial charge in [0, 0.05) is 17.3 Å². The first-order valence-corrected chi connectivity index (χ1v) is 4.65. The number of aromatic nitrogens is 1. The lowest BCUT2D eigenvalue weighted by Gasteiger charge is -2.03. The van der Waals surface area contributed by atoms with Gasteiger partial charge in [0.1, 0.15) is 0 Å². The molecule has 0 aliphatic rings. The molecule has 0 aliphatic carbocycles. The normalized spacial score (nSPS) is 10.6. The van der Waals surface area contributed by atoms with Crippen LogP contribution in [0.3, 0.4) is 0 Å². The van der Waals surface area contributed by atoms with E-state index in [2.05, 4.69) is 43.1 Å². The fourth-order valence-corrected chi connectivity index (χ4v) is 1.62. The van der Waals surface area contributed by atoms with Crippen LogP contribution in [0.4, 0.5) is 0 Å². The summed E-state index contributed by atoms with van der Waals surface area (Å²) in [6.45, 7) is 4.26. The van der Waals surface area contributed by atoms with Crippen molar-refractivity contribution in [3.63, 3.8) is 0 Å². The van der Waals surface area contributed by atoms with Gasteiger partial charge in [-0.2, -0.15) is 0 Å². The van der Waals surface area contributed by atoms with Gasteiger partial charge in [-0.3, -0.25) is 4.98 Å². The van der Waals surface area contributed by atoms with Crippen LogP contribution in [-0.2, 0) is 6.42 Å². The molecule has 1 heterocycles. The minimum absolute atomic E-state index is 1.00. The molecule has 0 atom stereocenters. The van der Waals surface area contributed by atoms with Gasteiger partial charge in [0.15, 0.2) is 0 Å². The molecule has 0 fully saturated rings. The van der Waals surface area contributed by atoms with E-state index in [0.717, 1.165) is 6.42 Å². The average molecular weight is 171 g/mol. The largest absolute Gasteiger partial charge is 0.261 e. The van der Waals surface area contributed by atoms with Gasteiger partial charge in [0.05, 0.1) is 0 Å². The maximum absolute atomic E-state index is 4.37. The van der Waals surface area contributed by atoms with Crippen molar-refractivity contribution in [2.75, 3.05) is 0 Å². The zero-order valence-electron chi connectivity index (χ0n) is 8.04. The predicted octanol–water partition coefficient (Wildman–Crippen LogP) is 3.11. The maximum atomic E-state index is 4.37. The zero-order valence-corrected chi connectivity index (χ0v) is 8.04. The summed E-state index contributed by atoms with van der Waals surface area (Å²) in [6, 6.07) is 8.57. The summed E-state index contributed by atoms with van der Waals surface area (Å²) >= 11 is 0. The van der Waals surface area contributed by atoms with Crippen molar-refractivity contribution in [3.8, 4) is 0 Å². The molecule has 13 heavy (non-hydrogen) atoms. The fourth-order valence-electron chi connectivity index (χ4n) is 1.62. The van der Waals surface area contributed by atoms with Crippen molar-refractivity contribution in [2.45, 2.75) is 20.3 Å². The molecule has 0 aliphatic heterocycles. The van der Waals surface area contributed by atoms with Gasteiger partial charge in [-0.25, -0.2) is 0 Å². The van der Waals surface area contributed by atoms with E-state index in [0.29, 0.717) is 0 Å². The fraction of sp³-hybridized carbons (Fsp3) is 0.250. The average Bonchev–Trinajstić information content (AvgIpc) is 2.17. The van der Waals surface area contributed by atoms with Crippen LogP contribution in [0.15, 0.2) is 30.5 Å². The second kappa shape index (κ2) is 3.17. The molecule has 0 unspecified atom stereocenters. The third-order valence-electron chi connectivity index (χ3n) is 2.34.